The summed E-state index contributed by atoms with van der Waals surface area (Å²) in [7, 11) is 1.15. The van der Waals surface area contributed by atoms with Gasteiger partial charge in [0.1, 0.15) is 5.75 Å². The normalized spacial score (nSPS) is 18.8. The summed E-state index contributed by atoms with van der Waals surface area (Å²) in [5.74, 6) is -16.1. The standard InChI is InChI=1S/C23H15ClF6OS/c1-12-16(11-18(32-12)13-6-5-7-14(24)10-13)20-19(15-8-3-4-9-17(15)31-2)21(25,26)23(29,30)22(20,27)28/h3-11H,1-2H3. The molecule has 32 heavy (non-hydrogen) atoms. The molecule has 4 rings (SSSR count). The van der Waals surface area contributed by atoms with Crippen LogP contribution in [0.2, 0.25) is 5.02 Å². The zero-order chi connectivity index (χ0) is 23.5. The van der Waals surface area contributed by atoms with Gasteiger partial charge in [0.2, 0.25) is 0 Å². The molecular weight excluding hydrogens is 474 g/mol. The molecule has 0 saturated carbocycles. The number of ether oxygens (including phenoxy) is 1. The molecule has 2 aromatic carbocycles. The first-order valence-electron chi connectivity index (χ1n) is 9.32. The monoisotopic (exact) mass is 488 g/mol. The van der Waals surface area contributed by atoms with Gasteiger partial charge in [-0.25, -0.2) is 0 Å². The Morgan fingerprint density at radius 2 is 1.44 bits per heavy atom. The number of methoxy groups -OCH3 is 1. The van der Waals surface area contributed by atoms with Crippen molar-refractivity contribution in [1.29, 1.82) is 0 Å². The minimum atomic E-state index is -5.63. The van der Waals surface area contributed by atoms with Crippen LogP contribution in [0.15, 0.2) is 54.6 Å². The highest BCUT2D eigenvalue weighted by molar-refractivity contribution is 7.15. The summed E-state index contributed by atoms with van der Waals surface area (Å²) in [5.41, 5.74) is -3.17. The zero-order valence-corrected chi connectivity index (χ0v) is 18.2. The maximum absolute atomic E-state index is 15.1. The number of halogens is 7. The molecule has 3 aromatic rings. The molecule has 0 radical (unpaired) electrons. The van der Waals surface area contributed by atoms with Gasteiger partial charge in [0.15, 0.2) is 0 Å². The Hall–Kier alpha value is -2.45. The van der Waals surface area contributed by atoms with Gasteiger partial charge in [-0.05, 0) is 42.3 Å². The van der Waals surface area contributed by atoms with Crippen LogP contribution in [0.4, 0.5) is 26.3 Å². The minimum absolute atomic E-state index is 0.190. The van der Waals surface area contributed by atoms with Crippen molar-refractivity contribution in [3.05, 3.63) is 75.6 Å². The molecule has 9 heteroatoms. The van der Waals surface area contributed by atoms with Crippen LogP contribution in [0.25, 0.3) is 21.6 Å². The molecule has 0 aliphatic heterocycles. The van der Waals surface area contributed by atoms with Crippen LogP contribution in [0.1, 0.15) is 16.0 Å². The predicted molar refractivity (Wildman–Crippen MR) is 114 cm³/mol. The van der Waals surface area contributed by atoms with Crippen molar-refractivity contribution in [3.8, 4) is 16.2 Å². The van der Waals surface area contributed by atoms with Crippen molar-refractivity contribution < 1.29 is 31.1 Å². The van der Waals surface area contributed by atoms with E-state index in [-0.39, 0.29) is 16.2 Å². The lowest BCUT2D eigenvalue weighted by molar-refractivity contribution is -0.254. The highest BCUT2D eigenvalue weighted by Gasteiger charge is 2.80. The average molecular weight is 489 g/mol. The van der Waals surface area contributed by atoms with E-state index in [1.54, 1.807) is 24.3 Å². The van der Waals surface area contributed by atoms with E-state index >= 15 is 8.78 Å². The van der Waals surface area contributed by atoms with E-state index in [1.807, 2.05) is 0 Å². The molecule has 0 saturated heterocycles. The molecule has 1 heterocycles. The van der Waals surface area contributed by atoms with Crippen molar-refractivity contribution in [2.24, 2.45) is 0 Å². The highest BCUT2D eigenvalue weighted by Crippen LogP contribution is 2.66. The van der Waals surface area contributed by atoms with Crippen molar-refractivity contribution in [2.45, 2.75) is 24.7 Å². The molecule has 0 atom stereocenters. The molecule has 0 N–H and O–H groups in total. The van der Waals surface area contributed by atoms with E-state index < -0.39 is 34.5 Å². The van der Waals surface area contributed by atoms with E-state index in [4.69, 9.17) is 16.3 Å². The Morgan fingerprint density at radius 3 is 2.06 bits per heavy atom. The molecule has 0 unspecified atom stereocenters. The van der Waals surface area contributed by atoms with Gasteiger partial charge in [-0.1, -0.05) is 41.9 Å². The first-order chi connectivity index (χ1) is 14.9. The highest BCUT2D eigenvalue weighted by atomic mass is 35.5. The Balaban J connectivity index is 2.05. The first-order valence-corrected chi connectivity index (χ1v) is 10.5. The number of rotatable bonds is 4. The first kappa shape index (κ1) is 22.7. The molecular formula is C23H15ClF6OS. The molecule has 168 valence electrons. The van der Waals surface area contributed by atoms with Crippen LogP contribution >= 0.6 is 22.9 Å². The fourth-order valence-electron chi connectivity index (χ4n) is 3.80. The van der Waals surface area contributed by atoms with Gasteiger partial charge in [-0.15, -0.1) is 11.3 Å². The average Bonchev–Trinajstić information content (AvgIpc) is 3.16. The summed E-state index contributed by atoms with van der Waals surface area (Å²) < 4.78 is 94.1. The lowest BCUT2D eigenvalue weighted by Crippen LogP contribution is -2.48. The summed E-state index contributed by atoms with van der Waals surface area (Å²) in [6, 6.07) is 12.8. The molecule has 0 amide bonds. The van der Waals surface area contributed by atoms with Crippen LogP contribution in [-0.2, 0) is 0 Å². The molecule has 0 fully saturated rings. The number of para-hydroxylation sites is 1. The maximum atomic E-state index is 15.1. The third-order valence-electron chi connectivity index (χ3n) is 5.34. The SMILES string of the molecule is COc1ccccc1C1=C(c2cc(-c3cccc(Cl)c3)sc2C)C(F)(F)C(F)(F)C1(F)F. The summed E-state index contributed by atoms with van der Waals surface area (Å²) in [6.07, 6.45) is 0. The summed E-state index contributed by atoms with van der Waals surface area (Å²) in [6.45, 7) is 1.42. The topological polar surface area (TPSA) is 9.23 Å². The molecule has 0 bridgehead atoms. The van der Waals surface area contributed by atoms with Crippen molar-refractivity contribution in [1.82, 2.24) is 0 Å². The second kappa shape index (κ2) is 7.56. The van der Waals surface area contributed by atoms with E-state index in [0.717, 1.165) is 24.5 Å². The van der Waals surface area contributed by atoms with Gasteiger partial charge in [0.05, 0.1) is 7.11 Å². The van der Waals surface area contributed by atoms with Crippen LogP contribution < -0.4 is 4.74 Å². The van der Waals surface area contributed by atoms with E-state index in [0.29, 0.717) is 15.5 Å². The second-order valence-electron chi connectivity index (χ2n) is 7.26. The zero-order valence-electron chi connectivity index (χ0n) is 16.7. The van der Waals surface area contributed by atoms with Gasteiger partial charge in [-0.3, -0.25) is 0 Å². The van der Waals surface area contributed by atoms with Crippen LogP contribution in [0, 0.1) is 6.92 Å². The van der Waals surface area contributed by atoms with Gasteiger partial charge in [-0.2, -0.15) is 26.3 Å². The van der Waals surface area contributed by atoms with Crippen molar-refractivity contribution in [3.63, 3.8) is 0 Å². The Kier molecular flexibility index (Phi) is 5.37. The Morgan fingerprint density at radius 1 is 0.812 bits per heavy atom. The third kappa shape index (κ3) is 3.15. The number of hydrogen-bond acceptors (Lipinski definition) is 2. The van der Waals surface area contributed by atoms with E-state index in [1.165, 1.54) is 31.2 Å². The van der Waals surface area contributed by atoms with E-state index in [9.17, 15) is 17.6 Å². The quantitative estimate of drug-likeness (QED) is 0.336. The number of allylic oxidation sites excluding steroid dienone is 2. The lowest BCUT2D eigenvalue weighted by atomic mass is 9.94. The summed E-state index contributed by atoms with van der Waals surface area (Å²) in [5, 5.41) is 0.383. The molecule has 1 aromatic heterocycles. The van der Waals surface area contributed by atoms with Gasteiger partial charge in [0, 0.05) is 31.5 Å². The molecule has 1 nitrogen and oxygen atoms in total. The second-order valence-corrected chi connectivity index (χ2v) is 8.96. The van der Waals surface area contributed by atoms with Gasteiger partial charge in [0.25, 0.3) is 0 Å². The third-order valence-corrected chi connectivity index (χ3v) is 6.67. The summed E-state index contributed by atoms with van der Waals surface area (Å²) in [4.78, 5) is 0.622. The fourth-order valence-corrected chi connectivity index (χ4v) is 5.01. The van der Waals surface area contributed by atoms with Crippen LogP contribution in [0.5, 0.6) is 5.75 Å². The lowest BCUT2D eigenvalue weighted by Gasteiger charge is -2.26. The number of hydrogen-bond donors (Lipinski definition) is 0. The number of thiophene rings is 1. The summed E-state index contributed by atoms with van der Waals surface area (Å²) >= 11 is 7.01. The minimum Gasteiger partial charge on any atom is -0.496 e. The molecule has 1 aliphatic carbocycles. The van der Waals surface area contributed by atoms with Gasteiger partial charge >= 0.3 is 17.8 Å². The molecule has 1 aliphatic rings. The van der Waals surface area contributed by atoms with Crippen LogP contribution in [0.3, 0.4) is 0 Å². The largest absolute Gasteiger partial charge is 0.496 e. The van der Waals surface area contributed by atoms with Crippen molar-refractivity contribution >= 4 is 34.1 Å². The van der Waals surface area contributed by atoms with E-state index in [2.05, 4.69) is 0 Å². The van der Waals surface area contributed by atoms with Crippen molar-refractivity contribution in [2.75, 3.05) is 7.11 Å². The predicted octanol–water partition coefficient (Wildman–Crippen LogP) is 8.22. The smallest absolute Gasteiger partial charge is 0.380 e. The number of aryl methyl sites for hydroxylation is 1. The van der Waals surface area contributed by atoms with Crippen LogP contribution in [-0.4, -0.2) is 24.9 Å². The molecule has 0 spiro atoms. The Bertz CT molecular complexity index is 1230. The number of benzene rings is 2. The maximum Gasteiger partial charge on any atom is 0.380 e. The fraction of sp³-hybridized carbons (Fsp3) is 0.217. The number of alkyl halides is 6. The Labute approximate surface area is 188 Å². The van der Waals surface area contributed by atoms with Gasteiger partial charge < -0.3 is 4.74 Å².